The summed E-state index contributed by atoms with van der Waals surface area (Å²) in [5.74, 6) is 1.57. The van der Waals surface area contributed by atoms with Crippen LogP contribution in [0, 0.1) is 0 Å². The van der Waals surface area contributed by atoms with E-state index in [1.165, 1.54) is 5.56 Å². The summed E-state index contributed by atoms with van der Waals surface area (Å²) in [6, 6.07) is 4.06. The summed E-state index contributed by atoms with van der Waals surface area (Å²) >= 11 is 0. The average Bonchev–Trinajstić information content (AvgIpc) is 3.41. The molecule has 2 saturated heterocycles. The van der Waals surface area contributed by atoms with Crippen LogP contribution >= 0.6 is 0 Å². The molecule has 4 rings (SSSR count). The first-order valence-corrected chi connectivity index (χ1v) is 10.2. The molecule has 0 aliphatic carbocycles. The van der Waals surface area contributed by atoms with Gasteiger partial charge in [-0.05, 0) is 43.4 Å². The minimum Gasteiger partial charge on any atom is -0.376 e. The van der Waals surface area contributed by atoms with Crippen LogP contribution in [0.25, 0.3) is 0 Å². The monoisotopic (exact) mass is 384 g/mol. The van der Waals surface area contributed by atoms with Crippen molar-refractivity contribution in [1.82, 2.24) is 19.4 Å². The minimum atomic E-state index is 0.0802. The predicted molar refractivity (Wildman–Crippen MR) is 104 cm³/mol. The first-order valence-electron chi connectivity index (χ1n) is 10.2. The number of imidazole rings is 1. The molecule has 7 nitrogen and oxygen atoms in total. The lowest BCUT2D eigenvalue weighted by molar-refractivity contribution is -0.138. The van der Waals surface area contributed by atoms with Gasteiger partial charge in [0.15, 0.2) is 0 Å². The van der Waals surface area contributed by atoms with Gasteiger partial charge in [-0.3, -0.25) is 9.78 Å². The van der Waals surface area contributed by atoms with Gasteiger partial charge in [0.25, 0.3) is 0 Å². The van der Waals surface area contributed by atoms with E-state index in [2.05, 4.69) is 14.5 Å². The topological polar surface area (TPSA) is 69.5 Å². The van der Waals surface area contributed by atoms with Gasteiger partial charge < -0.3 is 18.9 Å². The Hall–Kier alpha value is -2.25. The van der Waals surface area contributed by atoms with Crippen molar-refractivity contribution in [2.24, 2.45) is 0 Å². The number of amides is 1. The first-order chi connectivity index (χ1) is 13.8. The van der Waals surface area contributed by atoms with Gasteiger partial charge in [-0.2, -0.15) is 0 Å². The molecule has 0 N–H and O–H groups in total. The highest BCUT2D eigenvalue weighted by Gasteiger charge is 2.26. The molecular formula is C21H28N4O3. The van der Waals surface area contributed by atoms with Crippen LogP contribution in [0.5, 0.6) is 0 Å². The maximum atomic E-state index is 12.4. The van der Waals surface area contributed by atoms with Gasteiger partial charge >= 0.3 is 0 Å². The predicted octanol–water partition coefficient (Wildman–Crippen LogP) is 2.23. The Kier molecular flexibility index (Phi) is 6.34. The summed E-state index contributed by atoms with van der Waals surface area (Å²) in [6.07, 6.45) is 11.7. The van der Waals surface area contributed by atoms with Crippen molar-refractivity contribution in [3.63, 3.8) is 0 Å². The fourth-order valence-corrected chi connectivity index (χ4v) is 4.03. The molecule has 2 fully saturated rings. The molecule has 4 heterocycles. The smallest absolute Gasteiger partial charge is 0.248 e. The van der Waals surface area contributed by atoms with Crippen LogP contribution in [0.1, 0.15) is 43.0 Å². The van der Waals surface area contributed by atoms with Crippen molar-refractivity contribution in [2.45, 2.75) is 44.2 Å². The number of carbonyl (C=O) groups is 1. The minimum absolute atomic E-state index is 0.0802. The molecule has 0 bridgehead atoms. The molecule has 0 aromatic carbocycles. The number of carbonyl (C=O) groups excluding carboxylic acids is 1. The van der Waals surface area contributed by atoms with E-state index < -0.39 is 0 Å². The molecule has 0 saturated carbocycles. The van der Waals surface area contributed by atoms with Gasteiger partial charge in [-0.15, -0.1) is 0 Å². The molecule has 1 unspecified atom stereocenters. The molecule has 2 aliphatic heterocycles. The zero-order valence-electron chi connectivity index (χ0n) is 16.2. The average molecular weight is 384 g/mol. The standard InChI is InChI=1S/C21H28N4O3/c26-20(16-27-15-19-2-1-13-28-19)24-10-5-18(6-11-24)21-23-9-12-25(21)14-17-3-7-22-8-4-17/h3-4,7-9,12,18-19H,1-2,5-6,10-11,13-16H2. The Balaban J connectivity index is 1.25. The number of rotatable bonds is 7. The van der Waals surface area contributed by atoms with E-state index in [0.29, 0.717) is 12.5 Å². The van der Waals surface area contributed by atoms with E-state index in [9.17, 15) is 4.79 Å². The quantitative estimate of drug-likeness (QED) is 0.732. The second-order valence-corrected chi connectivity index (χ2v) is 7.57. The lowest BCUT2D eigenvalue weighted by Gasteiger charge is -2.32. The van der Waals surface area contributed by atoms with Crippen molar-refractivity contribution < 1.29 is 14.3 Å². The number of hydrogen-bond donors (Lipinski definition) is 0. The number of aromatic nitrogens is 3. The van der Waals surface area contributed by atoms with Gasteiger partial charge in [0.2, 0.25) is 5.91 Å². The number of ether oxygens (including phenoxy) is 2. The van der Waals surface area contributed by atoms with Gasteiger partial charge in [0, 0.05) is 56.9 Å². The Morgan fingerprint density at radius 3 is 2.75 bits per heavy atom. The van der Waals surface area contributed by atoms with E-state index >= 15 is 0 Å². The Morgan fingerprint density at radius 2 is 2.00 bits per heavy atom. The van der Waals surface area contributed by atoms with Gasteiger partial charge in [0.1, 0.15) is 12.4 Å². The Bertz CT molecular complexity index is 750. The number of hydrogen-bond acceptors (Lipinski definition) is 5. The van der Waals surface area contributed by atoms with Gasteiger partial charge in [0.05, 0.1) is 12.7 Å². The molecule has 2 aromatic heterocycles. The SMILES string of the molecule is O=C(COCC1CCCO1)N1CCC(c2nccn2Cc2ccncc2)CC1. The van der Waals surface area contributed by atoms with Crippen molar-refractivity contribution in [2.75, 3.05) is 32.9 Å². The van der Waals surface area contributed by atoms with Crippen LogP contribution in [-0.4, -0.2) is 64.4 Å². The van der Waals surface area contributed by atoms with Crippen molar-refractivity contribution in [1.29, 1.82) is 0 Å². The number of nitrogens with zero attached hydrogens (tertiary/aromatic N) is 4. The van der Waals surface area contributed by atoms with E-state index in [1.807, 2.05) is 41.8 Å². The molecule has 1 atom stereocenters. The Labute approximate surface area is 165 Å². The molecule has 28 heavy (non-hydrogen) atoms. The summed E-state index contributed by atoms with van der Waals surface area (Å²) in [7, 11) is 0. The zero-order chi connectivity index (χ0) is 19.2. The maximum absolute atomic E-state index is 12.4. The fraction of sp³-hybridized carbons (Fsp3) is 0.571. The largest absolute Gasteiger partial charge is 0.376 e. The highest BCUT2D eigenvalue weighted by atomic mass is 16.5. The molecule has 150 valence electrons. The normalized spacial score (nSPS) is 20.6. The number of pyridine rings is 1. The molecule has 0 spiro atoms. The second kappa shape index (κ2) is 9.30. The van der Waals surface area contributed by atoms with Crippen molar-refractivity contribution in [3.8, 4) is 0 Å². The lowest BCUT2D eigenvalue weighted by atomic mass is 9.95. The molecule has 1 amide bonds. The summed E-state index contributed by atoms with van der Waals surface area (Å²) in [5.41, 5.74) is 1.21. The van der Waals surface area contributed by atoms with E-state index in [4.69, 9.17) is 9.47 Å². The molecule has 0 radical (unpaired) electrons. The Morgan fingerprint density at radius 1 is 1.18 bits per heavy atom. The van der Waals surface area contributed by atoms with Crippen LogP contribution in [0.3, 0.4) is 0 Å². The first kappa shape index (κ1) is 19.1. The van der Waals surface area contributed by atoms with Gasteiger partial charge in [-0.25, -0.2) is 4.98 Å². The van der Waals surface area contributed by atoms with Crippen LogP contribution in [-0.2, 0) is 20.8 Å². The van der Waals surface area contributed by atoms with E-state index in [-0.39, 0.29) is 18.6 Å². The highest BCUT2D eigenvalue weighted by Crippen LogP contribution is 2.27. The van der Waals surface area contributed by atoms with Crippen LogP contribution in [0.4, 0.5) is 0 Å². The molecule has 2 aliphatic rings. The number of likely N-dealkylation sites (tertiary alicyclic amines) is 1. The van der Waals surface area contributed by atoms with E-state index in [0.717, 1.165) is 57.7 Å². The third-order valence-corrected chi connectivity index (χ3v) is 5.62. The summed E-state index contributed by atoms with van der Waals surface area (Å²) in [4.78, 5) is 23.0. The molecule has 7 heteroatoms. The highest BCUT2D eigenvalue weighted by molar-refractivity contribution is 5.77. The maximum Gasteiger partial charge on any atom is 0.248 e. The van der Waals surface area contributed by atoms with Crippen LogP contribution in [0.15, 0.2) is 36.9 Å². The van der Waals surface area contributed by atoms with Gasteiger partial charge in [-0.1, -0.05) is 0 Å². The third kappa shape index (κ3) is 4.77. The summed E-state index contributed by atoms with van der Waals surface area (Å²) in [5, 5.41) is 0. The van der Waals surface area contributed by atoms with Crippen LogP contribution in [0.2, 0.25) is 0 Å². The summed E-state index contributed by atoms with van der Waals surface area (Å²) < 4.78 is 13.3. The number of piperidine rings is 1. The van der Waals surface area contributed by atoms with Crippen LogP contribution < -0.4 is 0 Å². The third-order valence-electron chi connectivity index (χ3n) is 5.62. The summed E-state index contributed by atoms with van der Waals surface area (Å²) in [6.45, 7) is 3.81. The molecular weight excluding hydrogens is 356 g/mol. The van der Waals surface area contributed by atoms with E-state index in [1.54, 1.807) is 0 Å². The second-order valence-electron chi connectivity index (χ2n) is 7.57. The lowest BCUT2D eigenvalue weighted by Crippen LogP contribution is -2.40. The fourth-order valence-electron chi connectivity index (χ4n) is 4.03. The van der Waals surface area contributed by atoms with Crippen molar-refractivity contribution >= 4 is 5.91 Å². The molecule has 2 aromatic rings. The zero-order valence-corrected chi connectivity index (χ0v) is 16.2. The van der Waals surface area contributed by atoms with Crippen molar-refractivity contribution in [3.05, 3.63) is 48.3 Å².